The van der Waals surface area contributed by atoms with Crippen molar-refractivity contribution in [3.63, 3.8) is 0 Å². The first-order valence-corrected chi connectivity index (χ1v) is 10.9. The molecule has 4 aromatic rings. The maximum Gasteiger partial charge on any atom is 0.258 e. The second-order valence-corrected chi connectivity index (χ2v) is 8.77. The lowest BCUT2D eigenvalue weighted by molar-refractivity contribution is 0.376. The van der Waals surface area contributed by atoms with E-state index in [4.69, 9.17) is 4.98 Å². The van der Waals surface area contributed by atoms with Crippen LogP contribution in [0.3, 0.4) is 0 Å². The van der Waals surface area contributed by atoms with Crippen molar-refractivity contribution in [2.24, 2.45) is 5.92 Å². The number of hydrogen-bond donors (Lipinski definition) is 1. The molecule has 2 aliphatic heterocycles. The first kappa shape index (κ1) is 18.5. The van der Waals surface area contributed by atoms with Crippen molar-refractivity contribution < 1.29 is 0 Å². The Kier molecular flexibility index (Phi) is 4.11. The number of hydrogen-bond acceptors (Lipinski definition) is 6. The molecule has 0 radical (unpaired) electrons. The second-order valence-electron chi connectivity index (χ2n) is 8.77. The van der Waals surface area contributed by atoms with Crippen LogP contribution in [0.5, 0.6) is 0 Å². The van der Waals surface area contributed by atoms with Gasteiger partial charge in [0.25, 0.3) is 5.56 Å². The number of pyridine rings is 1. The van der Waals surface area contributed by atoms with E-state index in [0.29, 0.717) is 29.0 Å². The fourth-order valence-corrected chi connectivity index (χ4v) is 5.11. The van der Waals surface area contributed by atoms with Crippen LogP contribution >= 0.6 is 0 Å². The Morgan fingerprint density at radius 3 is 2.87 bits per heavy atom. The highest BCUT2D eigenvalue weighted by atomic mass is 16.1. The number of aryl methyl sites for hydroxylation is 2. The number of anilines is 1. The second kappa shape index (κ2) is 6.88. The maximum atomic E-state index is 13.0. The van der Waals surface area contributed by atoms with E-state index in [1.54, 1.807) is 15.0 Å². The van der Waals surface area contributed by atoms with Gasteiger partial charge in [0.2, 0.25) is 0 Å². The molecule has 4 aromatic heterocycles. The van der Waals surface area contributed by atoms with Crippen molar-refractivity contribution in [1.29, 1.82) is 0 Å². The molecule has 1 N–H and O–H groups in total. The summed E-state index contributed by atoms with van der Waals surface area (Å²) < 4.78 is 3.45. The maximum absolute atomic E-state index is 13.0. The van der Waals surface area contributed by atoms with Gasteiger partial charge in [-0.25, -0.2) is 9.50 Å². The van der Waals surface area contributed by atoms with Crippen LogP contribution in [-0.2, 0) is 0 Å². The molecule has 6 rings (SSSR count). The molecule has 0 bridgehead atoms. The minimum Gasteiger partial charge on any atom is -0.370 e. The lowest BCUT2D eigenvalue weighted by Gasteiger charge is -2.36. The lowest BCUT2D eigenvalue weighted by Crippen LogP contribution is -2.44. The molecule has 6 heterocycles. The van der Waals surface area contributed by atoms with Gasteiger partial charge in [-0.2, -0.15) is 5.10 Å². The molecule has 0 aliphatic carbocycles. The summed E-state index contributed by atoms with van der Waals surface area (Å²) in [7, 11) is 0. The van der Waals surface area contributed by atoms with Crippen LogP contribution in [0, 0.1) is 19.8 Å². The van der Waals surface area contributed by atoms with Crippen LogP contribution in [0.15, 0.2) is 41.5 Å². The fourth-order valence-electron chi connectivity index (χ4n) is 5.11. The third-order valence-electron chi connectivity index (χ3n) is 6.69. The third kappa shape index (κ3) is 3.09. The van der Waals surface area contributed by atoms with Gasteiger partial charge in [0.15, 0.2) is 0 Å². The van der Waals surface area contributed by atoms with E-state index in [-0.39, 0.29) is 5.56 Å². The van der Waals surface area contributed by atoms with E-state index in [1.165, 1.54) is 6.42 Å². The summed E-state index contributed by atoms with van der Waals surface area (Å²) in [5, 5.41) is 8.23. The summed E-state index contributed by atoms with van der Waals surface area (Å²) in [6.45, 7) is 7.07. The molecule has 0 amide bonds. The monoisotopic (exact) mass is 415 g/mol. The summed E-state index contributed by atoms with van der Waals surface area (Å²) in [6, 6.07) is 8.17. The van der Waals surface area contributed by atoms with E-state index in [0.717, 1.165) is 48.6 Å². The first-order chi connectivity index (χ1) is 15.0. The number of nitrogens with zero attached hydrogens (tertiary/aromatic N) is 6. The van der Waals surface area contributed by atoms with Crippen LogP contribution in [0.25, 0.3) is 22.6 Å². The molecule has 2 fully saturated rings. The normalized spacial score (nSPS) is 21.2. The number of aromatic nitrogens is 5. The highest BCUT2D eigenvalue weighted by molar-refractivity contribution is 5.66. The molecule has 8 nitrogen and oxygen atoms in total. The van der Waals surface area contributed by atoms with Crippen LogP contribution in [0.1, 0.15) is 24.2 Å². The van der Waals surface area contributed by atoms with Crippen molar-refractivity contribution >= 4 is 16.9 Å². The van der Waals surface area contributed by atoms with E-state index < -0.39 is 0 Å². The zero-order valence-electron chi connectivity index (χ0n) is 17.7. The van der Waals surface area contributed by atoms with Crippen LogP contribution < -0.4 is 15.8 Å². The predicted octanol–water partition coefficient (Wildman–Crippen LogP) is 2.21. The van der Waals surface area contributed by atoms with Crippen molar-refractivity contribution in [2.45, 2.75) is 32.7 Å². The minimum atomic E-state index is -0.0950. The van der Waals surface area contributed by atoms with Gasteiger partial charge in [0.1, 0.15) is 11.3 Å². The fraction of sp³-hybridized carbons (Fsp3) is 0.391. The predicted molar refractivity (Wildman–Crippen MR) is 120 cm³/mol. The van der Waals surface area contributed by atoms with Gasteiger partial charge in [-0.05, 0) is 57.4 Å². The molecule has 0 saturated carbocycles. The highest BCUT2D eigenvalue weighted by Gasteiger charge is 2.32. The SMILES string of the molecule is Cc1cn2nc(-c3cc(=O)n4cc(N5CCC6NCCC6C5)ccc4n3)cc2c(C)n1. The lowest BCUT2D eigenvalue weighted by atomic mass is 9.93. The van der Waals surface area contributed by atoms with Crippen molar-refractivity contribution in [3.05, 3.63) is 58.4 Å². The molecule has 0 aromatic carbocycles. The summed E-state index contributed by atoms with van der Waals surface area (Å²) >= 11 is 0. The Labute approximate surface area is 179 Å². The molecule has 2 aliphatic rings. The Morgan fingerprint density at radius 1 is 1.06 bits per heavy atom. The molecule has 2 saturated heterocycles. The molecule has 2 unspecified atom stereocenters. The Balaban J connectivity index is 1.37. The highest BCUT2D eigenvalue weighted by Crippen LogP contribution is 2.28. The van der Waals surface area contributed by atoms with Gasteiger partial charge in [-0.1, -0.05) is 0 Å². The summed E-state index contributed by atoms with van der Waals surface area (Å²) in [5.74, 6) is 0.693. The van der Waals surface area contributed by atoms with Crippen LogP contribution in [-0.4, -0.2) is 49.7 Å². The third-order valence-corrected chi connectivity index (χ3v) is 6.69. The first-order valence-electron chi connectivity index (χ1n) is 10.9. The van der Waals surface area contributed by atoms with Gasteiger partial charge in [-0.15, -0.1) is 0 Å². The van der Waals surface area contributed by atoms with Crippen molar-refractivity contribution in [2.75, 3.05) is 24.5 Å². The van der Waals surface area contributed by atoms with Gasteiger partial charge >= 0.3 is 0 Å². The molecule has 8 heteroatoms. The standard InChI is InChI=1S/C23H25N7O/c1-14-11-30-21(15(2)25-14)9-20(27-30)19-10-23(31)29-13-17(3-4-22(29)26-19)28-8-6-18-16(12-28)5-7-24-18/h3-4,9-11,13,16,18,24H,5-8,12H2,1-2H3. The quantitative estimate of drug-likeness (QED) is 0.541. The average Bonchev–Trinajstić information content (AvgIpc) is 3.40. The van der Waals surface area contributed by atoms with E-state index in [2.05, 4.69) is 26.4 Å². The van der Waals surface area contributed by atoms with Gasteiger partial charge in [0.05, 0.1) is 34.5 Å². The smallest absolute Gasteiger partial charge is 0.258 e. The molecule has 158 valence electrons. The zero-order chi connectivity index (χ0) is 21.1. The van der Waals surface area contributed by atoms with Gasteiger partial charge < -0.3 is 10.2 Å². The Hall–Kier alpha value is -3.26. The molecular weight excluding hydrogens is 390 g/mol. The van der Waals surface area contributed by atoms with Crippen molar-refractivity contribution in [3.8, 4) is 11.4 Å². The number of rotatable bonds is 2. The van der Waals surface area contributed by atoms with E-state index in [1.807, 2.05) is 38.4 Å². The van der Waals surface area contributed by atoms with Crippen molar-refractivity contribution in [1.82, 2.24) is 29.3 Å². The minimum absolute atomic E-state index is 0.0950. The topological polar surface area (TPSA) is 79.8 Å². The Morgan fingerprint density at radius 2 is 1.97 bits per heavy atom. The van der Waals surface area contributed by atoms with Crippen LogP contribution in [0.2, 0.25) is 0 Å². The van der Waals surface area contributed by atoms with Gasteiger partial charge in [-0.3, -0.25) is 14.2 Å². The molecule has 0 spiro atoms. The largest absolute Gasteiger partial charge is 0.370 e. The van der Waals surface area contributed by atoms with E-state index >= 15 is 0 Å². The van der Waals surface area contributed by atoms with E-state index in [9.17, 15) is 4.79 Å². The summed E-state index contributed by atoms with van der Waals surface area (Å²) in [6.07, 6.45) is 6.19. The van der Waals surface area contributed by atoms with Gasteiger partial charge in [0, 0.05) is 31.4 Å². The molecule has 31 heavy (non-hydrogen) atoms. The summed E-state index contributed by atoms with van der Waals surface area (Å²) in [4.78, 5) is 24.6. The Bertz CT molecular complexity index is 1370. The number of nitrogens with one attached hydrogen (secondary N) is 1. The number of piperidine rings is 1. The number of fused-ring (bicyclic) bond motifs is 3. The molecule has 2 atom stereocenters. The van der Waals surface area contributed by atoms with Crippen LogP contribution in [0.4, 0.5) is 5.69 Å². The zero-order valence-corrected chi connectivity index (χ0v) is 17.7. The average molecular weight is 416 g/mol. The summed E-state index contributed by atoms with van der Waals surface area (Å²) in [5.41, 5.74) is 5.60. The molecular formula is C23H25N7O.